The second-order valence-corrected chi connectivity index (χ2v) is 7.75. The minimum atomic E-state index is -0.673. The summed E-state index contributed by atoms with van der Waals surface area (Å²) >= 11 is 0. The van der Waals surface area contributed by atoms with Gasteiger partial charge in [0.05, 0.1) is 5.56 Å². The van der Waals surface area contributed by atoms with Crippen molar-refractivity contribution in [3.63, 3.8) is 0 Å². The molecule has 2 aromatic carbocycles. The van der Waals surface area contributed by atoms with Crippen LogP contribution >= 0.6 is 0 Å². The van der Waals surface area contributed by atoms with Crippen molar-refractivity contribution in [1.29, 1.82) is 0 Å². The molecular weight excluding hydrogens is 366 g/mol. The molecule has 0 aliphatic heterocycles. The van der Waals surface area contributed by atoms with Crippen molar-refractivity contribution in [3.8, 4) is 0 Å². The summed E-state index contributed by atoms with van der Waals surface area (Å²) in [5.74, 6) is -0.804. The molecule has 0 saturated heterocycles. The van der Waals surface area contributed by atoms with Gasteiger partial charge in [-0.1, -0.05) is 67.8 Å². The van der Waals surface area contributed by atoms with Gasteiger partial charge in [-0.3, -0.25) is 9.59 Å². The summed E-state index contributed by atoms with van der Waals surface area (Å²) in [6, 6.07) is 13.8. The lowest BCUT2D eigenvalue weighted by atomic mass is 9.86. The molecule has 1 saturated carbocycles. The fraction of sp³-hybridized carbons (Fsp3) is 0.375. The number of benzene rings is 2. The highest BCUT2D eigenvalue weighted by Gasteiger charge is 2.24. The van der Waals surface area contributed by atoms with Crippen LogP contribution in [0.4, 0.5) is 0 Å². The van der Waals surface area contributed by atoms with Gasteiger partial charge in [-0.2, -0.15) is 0 Å². The molecule has 5 nitrogen and oxygen atoms in total. The fourth-order valence-corrected chi connectivity index (χ4v) is 3.71. The summed E-state index contributed by atoms with van der Waals surface area (Å²) in [6.45, 7) is 3.72. The minimum absolute atomic E-state index is 0.130. The molecule has 1 aliphatic carbocycles. The van der Waals surface area contributed by atoms with E-state index in [1.807, 2.05) is 19.1 Å². The number of esters is 1. The highest BCUT2D eigenvalue weighted by Crippen LogP contribution is 2.23. The van der Waals surface area contributed by atoms with E-state index in [2.05, 4.69) is 12.2 Å². The number of hydrogen-bond donors (Lipinski definition) is 1. The summed E-state index contributed by atoms with van der Waals surface area (Å²) in [5.41, 5.74) is 1.98. The van der Waals surface area contributed by atoms with Crippen LogP contribution in [0.25, 0.3) is 0 Å². The lowest BCUT2D eigenvalue weighted by Crippen LogP contribution is -2.42. The SMILES string of the molecule is Cc1ccc(C(=O)c2ccccc2C(=O)OCC(=O)N[C@H]2CCCC[C@@H]2C)cc1. The Kier molecular flexibility index (Phi) is 6.81. The van der Waals surface area contributed by atoms with Gasteiger partial charge in [-0.15, -0.1) is 0 Å². The standard InChI is InChI=1S/C24H27NO4/c1-16-11-13-18(14-12-16)23(27)19-8-4-5-9-20(19)24(28)29-15-22(26)25-21-10-6-3-7-17(21)2/h4-5,8-9,11-14,17,21H,3,6-7,10,15H2,1-2H3,(H,25,26)/t17-,21-/m0/s1. The summed E-state index contributed by atoms with van der Waals surface area (Å²) in [4.78, 5) is 37.6. The first kappa shape index (κ1) is 20.8. The third-order valence-corrected chi connectivity index (χ3v) is 5.50. The normalized spacial score (nSPS) is 18.7. The Hall–Kier alpha value is -2.95. The van der Waals surface area contributed by atoms with Gasteiger partial charge in [0.2, 0.25) is 0 Å². The quantitative estimate of drug-likeness (QED) is 0.593. The lowest BCUT2D eigenvalue weighted by molar-refractivity contribution is -0.125. The molecule has 2 atom stereocenters. The number of amides is 1. The Balaban J connectivity index is 1.64. The summed E-state index contributed by atoms with van der Waals surface area (Å²) in [7, 11) is 0. The van der Waals surface area contributed by atoms with Crippen LogP contribution < -0.4 is 5.32 Å². The molecule has 1 N–H and O–H groups in total. The van der Waals surface area contributed by atoms with Crippen LogP contribution in [0, 0.1) is 12.8 Å². The number of ketones is 1. The molecule has 0 unspecified atom stereocenters. The second kappa shape index (κ2) is 9.50. The topological polar surface area (TPSA) is 72.5 Å². The summed E-state index contributed by atoms with van der Waals surface area (Å²) in [6.07, 6.45) is 4.34. The van der Waals surface area contributed by atoms with Gasteiger partial charge in [0.1, 0.15) is 0 Å². The van der Waals surface area contributed by atoms with Crippen molar-refractivity contribution in [2.45, 2.75) is 45.6 Å². The van der Waals surface area contributed by atoms with E-state index in [9.17, 15) is 14.4 Å². The van der Waals surface area contributed by atoms with E-state index >= 15 is 0 Å². The van der Waals surface area contributed by atoms with Gasteiger partial charge in [-0.25, -0.2) is 4.79 Å². The first-order chi connectivity index (χ1) is 14.0. The van der Waals surface area contributed by atoms with Crippen molar-refractivity contribution >= 4 is 17.7 Å². The number of ether oxygens (including phenoxy) is 1. The molecule has 0 aromatic heterocycles. The van der Waals surface area contributed by atoms with E-state index in [1.54, 1.807) is 36.4 Å². The Labute approximate surface area is 171 Å². The zero-order valence-corrected chi connectivity index (χ0v) is 16.9. The lowest BCUT2D eigenvalue weighted by Gasteiger charge is -2.29. The maximum absolute atomic E-state index is 12.8. The average Bonchev–Trinajstić information content (AvgIpc) is 2.74. The molecule has 0 heterocycles. The number of carbonyl (C=O) groups excluding carboxylic acids is 3. The number of nitrogens with one attached hydrogen (secondary N) is 1. The Morgan fingerprint density at radius 1 is 0.966 bits per heavy atom. The Morgan fingerprint density at radius 2 is 1.62 bits per heavy atom. The van der Waals surface area contributed by atoms with Gasteiger partial charge in [0.15, 0.2) is 12.4 Å². The van der Waals surface area contributed by atoms with Gasteiger partial charge in [-0.05, 0) is 31.7 Å². The molecule has 1 amide bonds. The van der Waals surface area contributed by atoms with Crippen molar-refractivity contribution in [1.82, 2.24) is 5.32 Å². The van der Waals surface area contributed by atoms with Crippen LogP contribution in [0.5, 0.6) is 0 Å². The number of carbonyl (C=O) groups is 3. The third-order valence-electron chi connectivity index (χ3n) is 5.50. The van der Waals surface area contributed by atoms with Crippen LogP contribution in [0.1, 0.15) is 64.4 Å². The molecule has 152 valence electrons. The molecule has 3 rings (SSSR count). The van der Waals surface area contributed by atoms with Crippen LogP contribution in [0.3, 0.4) is 0 Å². The third kappa shape index (κ3) is 5.31. The summed E-state index contributed by atoms with van der Waals surface area (Å²) < 4.78 is 5.21. The smallest absolute Gasteiger partial charge is 0.339 e. The van der Waals surface area contributed by atoms with Crippen molar-refractivity contribution in [2.75, 3.05) is 6.61 Å². The molecule has 1 fully saturated rings. The minimum Gasteiger partial charge on any atom is -0.452 e. The molecule has 0 bridgehead atoms. The number of aryl methyl sites for hydroxylation is 1. The molecule has 5 heteroatoms. The van der Waals surface area contributed by atoms with E-state index in [0.717, 1.165) is 24.8 Å². The van der Waals surface area contributed by atoms with E-state index < -0.39 is 5.97 Å². The van der Waals surface area contributed by atoms with Crippen molar-refractivity contribution in [2.24, 2.45) is 5.92 Å². The number of rotatable bonds is 6. The van der Waals surface area contributed by atoms with Gasteiger partial charge >= 0.3 is 5.97 Å². The van der Waals surface area contributed by atoms with Gasteiger partial charge in [0, 0.05) is 17.2 Å². The Bertz CT molecular complexity index is 888. The van der Waals surface area contributed by atoms with E-state index in [1.165, 1.54) is 6.42 Å². The van der Waals surface area contributed by atoms with Crippen LogP contribution in [-0.4, -0.2) is 30.3 Å². The predicted molar refractivity (Wildman–Crippen MR) is 111 cm³/mol. The first-order valence-corrected chi connectivity index (χ1v) is 10.1. The van der Waals surface area contributed by atoms with Gasteiger partial charge < -0.3 is 10.1 Å². The molecule has 0 spiro atoms. The first-order valence-electron chi connectivity index (χ1n) is 10.1. The Morgan fingerprint density at radius 3 is 2.31 bits per heavy atom. The van der Waals surface area contributed by atoms with E-state index in [4.69, 9.17) is 4.74 Å². The number of hydrogen-bond acceptors (Lipinski definition) is 4. The highest BCUT2D eigenvalue weighted by atomic mass is 16.5. The van der Waals surface area contributed by atoms with Crippen molar-refractivity contribution in [3.05, 3.63) is 70.8 Å². The molecule has 29 heavy (non-hydrogen) atoms. The van der Waals surface area contributed by atoms with E-state index in [0.29, 0.717) is 11.5 Å². The van der Waals surface area contributed by atoms with Crippen molar-refractivity contribution < 1.29 is 19.1 Å². The maximum atomic E-state index is 12.8. The van der Waals surface area contributed by atoms with Crippen LogP contribution in [0.2, 0.25) is 0 Å². The second-order valence-electron chi connectivity index (χ2n) is 7.75. The highest BCUT2D eigenvalue weighted by molar-refractivity contribution is 6.14. The zero-order chi connectivity index (χ0) is 20.8. The molecule has 1 aliphatic rings. The fourth-order valence-electron chi connectivity index (χ4n) is 3.71. The maximum Gasteiger partial charge on any atom is 0.339 e. The summed E-state index contributed by atoms with van der Waals surface area (Å²) in [5, 5.41) is 2.96. The average molecular weight is 393 g/mol. The molecule has 0 radical (unpaired) electrons. The van der Waals surface area contributed by atoms with Crippen LogP contribution in [0.15, 0.2) is 48.5 Å². The zero-order valence-electron chi connectivity index (χ0n) is 16.9. The van der Waals surface area contributed by atoms with Crippen LogP contribution in [-0.2, 0) is 9.53 Å². The van der Waals surface area contributed by atoms with Gasteiger partial charge in [0.25, 0.3) is 5.91 Å². The largest absolute Gasteiger partial charge is 0.452 e. The molecular formula is C24H27NO4. The predicted octanol–water partition coefficient (Wildman–Crippen LogP) is 4.08. The monoisotopic (exact) mass is 393 g/mol. The van der Waals surface area contributed by atoms with E-state index in [-0.39, 0.29) is 35.5 Å². The molecule has 2 aromatic rings.